The maximum Gasteiger partial charge on any atom is 0.142 e. The summed E-state index contributed by atoms with van der Waals surface area (Å²) in [4.78, 5) is 0. The molecule has 19 heavy (non-hydrogen) atoms. The topological polar surface area (TPSA) is 0 Å². The van der Waals surface area contributed by atoms with Crippen molar-refractivity contribution in [2.24, 2.45) is 0 Å². The van der Waals surface area contributed by atoms with Crippen LogP contribution in [-0.2, 0) is 0 Å². The zero-order valence-electron chi connectivity index (χ0n) is 9.85. The van der Waals surface area contributed by atoms with Gasteiger partial charge in [-0.05, 0) is 52.2 Å². The second-order valence-corrected chi connectivity index (χ2v) is 5.83. The number of hydrogen-bond donors (Lipinski definition) is 0. The van der Waals surface area contributed by atoms with Crippen LogP contribution >= 0.6 is 39.1 Å². The Hall–Kier alpha value is -0.640. The Balaban J connectivity index is 2.53. The highest BCUT2D eigenvalue weighted by molar-refractivity contribution is 9.10. The van der Waals surface area contributed by atoms with Crippen LogP contribution < -0.4 is 0 Å². The first-order chi connectivity index (χ1) is 8.91. The highest BCUT2D eigenvalue weighted by Gasteiger charge is 2.20. The van der Waals surface area contributed by atoms with Crippen molar-refractivity contribution in [3.8, 4) is 0 Å². The van der Waals surface area contributed by atoms with E-state index in [1.807, 2.05) is 0 Å². The minimum Gasteiger partial charge on any atom is -0.207 e. The van der Waals surface area contributed by atoms with Crippen molar-refractivity contribution in [3.63, 3.8) is 0 Å². The van der Waals surface area contributed by atoms with Crippen molar-refractivity contribution in [1.82, 2.24) is 0 Å². The van der Waals surface area contributed by atoms with E-state index in [4.69, 9.17) is 23.2 Å². The van der Waals surface area contributed by atoms with Gasteiger partial charge in [-0.3, -0.25) is 0 Å². The fraction of sp³-hybridized carbons (Fsp3) is 0.143. The molecule has 1 unspecified atom stereocenters. The lowest BCUT2D eigenvalue weighted by Gasteiger charge is -2.15. The van der Waals surface area contributed by atoms with Gasteiger partial charge in [0.25, 0.3) is 0 Å². The van der Waals surface area contributed by atoms with Gasteiger partial charge in [0.1, 0.15) is 11.6 Å². The Kier molecular flexibility index (Phi) is 4.49. The number of alkyl halides is 1. The van der Waals surface area contributed by atoms with Crippen molar-refractivity contribution >= 4 is 39.1 Å². The molecule has 2 aromatic carbocycles. The highest BCUT2D eigenvalue weighted by atomic mass is 79.9. The summed E-state index contributed by atoms with van der Waals surface area (Å²) in [5.41, 5.74) is 1.20. The van der Waals surface area contributed by atoms with Crippen LogP contribution in [0.15, 0.2) is 34.8 Å². The number of aryl methyl sites for hydroxylation is 1. The largest absolute Gasteiger partial charge is 0.207 e. The van der Waals surface area contributed by atoms with E-state index in [1.165, 1.54) is 12.1 Å². The lowest BCUT2D eigenvalue weighted by molar-refractivity contribution is 0.604. The minimum absolute atomic E-state index is 0.183. The van der Waals surface area contributed by atoms with Crippen molar-refractivity contribution in [1.29, 1.82) is 0 Å². The summed E-state index contributed by atoms with van der Waals surface area (Å²) >= 11 is 15.4. The van der Waals surface area contributed by atoms with Crippen molar-refractivity contribution in [2.45, 2.75) is 12.3 Å². The molecule has 0 aliphatic rings. The number of benzene rings is 2. The van der Waals surface area contributed by atoms with Crippen molar-refractivity contribution < 1.29 is 8.78 Å². The summed E-state index contributed by atoms with van der Waals surface area (Å²) in [5, 5.41) is -0.591. The molecule has 0 saturated carbocycles. The smallest absolute Gasteiger partial charge is 0.142 e. The zero-order chi connectivity index (χ0) is 14.2. The fourth-order valence-electron chi connectivity index (χ4n) is 1.76. The molecule has 2 aromatic rings. The third-order valence-corrected chi connectivity index (χ3v) is 4.22. The molecule has 0 radical (unpaired) electrons. The molecule has 0 saturated heterocycles. The summed E-state index contributed by atoms with van der Waals surface area (Å²) in [5.74, 6) is -0.854. The molecule has 0 amide bonds. The van der Waals surface area contributed by atoms with Crippen LogP contribution in [0.25, 0.3) is 0 Å². The summed E-state index contributed by atoms with van der Waals surface area (Å²) in [6.45, 7) is 1.61. The molecule has 0 N–H and O–H groups in total. The Morgan fingerprint density at radius 2 is 1.84 bits per heavy atom. The normalized spacial score (nSPS) is 12.5. The molecular formula is C14H9BrCl2F2. The predicted molar refractivity (Wildman–Crippen MR) is 77.9 cm³/mol. The van der Waals surface area contributed by atoms with Gasteiger partial charge in [-0.15, -0.1) is 11.6 Å². The molecule has 0 spiro atoms. The number of halogens is 5. The molecule has 0 aliphatic carbocycles. The Labute approximate surface area is 128 Å². The van der Waals surface area contributed by atoms with E-state index in [-0.39, 0.29) is 5.02 Å². The standard InChI is InChI=1S/C14H9BrCl2F2/c1-7-5-9(11(16)6-12(7)18)13(17)8-3-2-4-10(15)14(8)19/h2-6,13H,1H3. The fourth-order valence-corrected chi connectivity index (χ4v) is 2.80. The summed E-state index contributed by atoms with van der Waals surface area (Å²) in [6.07, 6.45) is 0. The van der Waals surface area contributed by atoms with Crippen LogP contribution in [0, 0.1) is 18.6 Å². The molecule has 0 heterocycles. The molecule has 0 aliphatic heterocycles. The first-order valence-electron chi connectivity index (χ1n) is 5.45. The molecule has 0 nitrogen and oxygen atoms in total. The molecule has 1 atom stereocenters. The molecule has 0 bridgehead atoms. The lowest BCUT2D eigenvalue weighted by atomic mass is 10.0. The molecule has 100 valence electrons. The maximum atomic E-state index is 14.0. The van der Waals surface area contributed by atoms with Crippen LogP contribution in [0.2, 0.25) is 5.02 Å². The minimum atomic E-state index is -0.774. The van der Waals surface area contributed by atoms with Crippen molar-refractivity contribution in [2.75, 3.05) is 0 Å². The van der Waals surface area contributed by atoms with Crippen LogP contribution in [0.1, 0.15) is 22.1 Å². The highest BCUT2D eigenvalue weighted by Crippen LogP contribution is 2.37. The van der Waals surface area contributed by atoms with Gasteiger partial charge in [-0.25, -0.2) is 8.78 Å². The van der Waals surface area contributed by atoms with Crippen LogP contribution in [0.5, 0.6) is 0 Å². The quantitative estimate of drug-likeness (QED) is 0.571. The predicted octanol–water partition coefficient (Wildman–Crippen LogP) is 6.02. The lowest BCUT2D eigenvalue weighted by Crippen LogP contribution is -2.00. The summed E-state index contributed by atoms with van der Waals surface area (Å²) in [6, 6.07) is 7.57. The Morgan fingerprint density at radius 3 is 2.53 bits per heavy atom. The average molecular weight is 366 g/mol. The Bertz CT molecular complexity index is 629. The molecule has 0 aromatic heterocycles. The maximum absolute atomic E-state index is 14.0. The molecule has 5 heteroatoms. The van der Waals surface area contributed by atoms with Crippen molar-refractivity contribution in [3.05, 3.63) is 68.2 Å². The van der Waals surface area contributed by atoms with Gasteiger partial charge in [0.2, 0.25) is 0 Å². The van der Waals surface area contributed by atoms with E-state index in [0.717, 1.165) is 0 Å². The van der Waals surface area contributed by atoms with Gasteiger partial charge >= 0.3 is 0 Å². The van der Waals surface area contributed by atoms with Crippen LogP contribution in [-0.4, -0.2) is 0 Å². The third-order valence-electron chi connectivity index (χ3n) is 2.81. The second kappa shape index (κ2) is 5.78. The first-order valence-corrected chi connectivity index (χ1v) is 7.06. The van der Waals surface area contributed by atoms with Gasteiger partial charge < -0.3 is 0 Å². The number of rotatable bonds is 2. The van der Waals surface area contributed by atoms with E-state index in [9.17, 15) is 8.78 Å². The van der Waals surface area contributed by atoms with Gasteiger partial charge in [-0.1, -0.05) is 23.7 Å². The molecule has 2 rings (SSSR count). The number of hydrogen-bond acceptors (Lipinski definition) is 0. The zero-order valence-corrected chi connectivity index (χ0v) is 13.0. The van der Waals surface area contributed by atoms with Gasteiger partial charge in [-0.2, -0.15) is 0 Å². The monoisotopic (exact) mass is 364 g/mol. The van der Waals surface area contributed by atoms with E-state index < -0.39 is 17.0 Å². The van der Waals surface area contributed by atoms with Crippen LogP contribution in [0.4, 0.5) is 8.78 Å². The SMILES string of the molecule is Cc1cc(C(Cl)c2cccc(Br)c2F)c(Cl)cc1F. The van der Waals surface area contributed by atoms with E-state index in [0.29, 0.717) is 21.2 Å². The average Bonchev–Trinajstić information content (AvgIpc) is 2.36. The van der Waals surface area contributed by atoms with E-state index in [1.54, 1.807) is 25.1 Å². The summed E-state index contributed by atoms with van der Waals surface area (Å²) in [7, 11) is 0. The summed E-state index contributed by atoms with van der Waals surface area (Å²) < 4.78 is 27.7. The molecular weight excluding hydrogens is 357 g/mol. The second-order valence-electron chi connectivity index (χ2n) is 4.13. The van der Waals surface area contributed by atoms with Gasteiger partial charge in [0, 0.05) is 10.6 Å². The van der Waals surface area contributed by atoms with Gasteiger partial charge in [0.05, 0.1) is 9.85 Å². The van der Waals surface area contributed by atoms with E-state index in [2.05, 4.69) is 15.9 Å². The third kappa shape index (κ3) is 2.93. The van der Waals surface area contributed by atoms with E-state index >= 15 is 0 Å². The Morgan fingerprint density at radius 1 is 1.16 bits per heavy atom. The van der Waals surface area contributed by atoms with Gasteiger partial charge in [0.15, 0.2) is 0 Å². The molecule has 0 fully saturated rings. The first kappa shape index (κ1) is 14.8. The van der Waals surface area contributed by atoms with Crippen LogP contribution in [0.3, 0.4) is 0 Å².